The zero-order chi connectivity index (χ0) is 14.0. The molecule has 2 aromatic carbocycles. The maximum atomic E-state index is 6.05. The van der Waals surface area contributed by atoms with Gasteiger partial charge in [-0.1, -0.05) is 40.2 Å². The van der Waals surface area contributed by atoms with E-state index in [1.54, 1.807) is 0 Å². The second-order valence-electron chi connectivity index (χ2n) is 5.50. The molecule has 0 N–H and O–H groups in total. The van der Waals surface area contributed by atoms with Gasteiger partial charge in [-0.05, 0) is 24.3 Å². The summed E-state index contributed by atoms with van der Waals surface area (Å²) >= 11 is 3.56. The molecular formula is C18H11BrO2. The third-order valence-electron chi connectivity index (χ3n) is 4.27. The summed E-state index contributed by atoms with van der Waals surface area (Å²) in [5.41, 5.74) is 3.05. The van der Waals surface area contributed by atoms with Gasteiger partial charge < -0.3 is 9.15 Å². The van der Waals surface area contributed by atoms with Crippen LogP contribution in [0.5, 0.6) is 5.75 Å². The van der Waals surface area contributed by atoms with Crippen molar-refractivity contribution < 1.29 is 9.15 Å². The molecule has 0 amide bonds. The first-order valence-corrected chi connectivity index (χ1v) is 7.76. The Kier molecular flexibility index (Phi) is 2.22. The maximum Gasteiger partial charge on any atom is 0.139 e. The van der Waals surface area contributed by atoms with Crippen molar-refractivity contribution in [2.75, 3.05) is 0 Å². The van der Waals surface area contributed by atoms with E-state index in [2.05, 4.69) is 40.2 Å². The van der Waals surface area contributed by atoms with Gasteiger partial charge >= 0.3 is 0 Å². The minimum atomic E-state index is 0.0964. The monoisotopic (exact) mass is 338 g/mol. The lowest BCUT2D eigenvalue weighted by Crippen LogP contribution is -2.16. The molecule has 5 rings (SSSR count). The second-order valence-corrected chi connectivity index (χ2v) is 6.42. The smallest absolute Gasteiger partial charge is 0.139 e. The Balaban J connectivity index is 1.80. The van der Waals surface area contributed by atoms with Gasteiger partial charge in [-0.3, -0.25) is 0 Å². The van der Waals surface area contributed by atoms with E-state index in [1.165, 1.54) is 5.56 Å². The molecular weight excluding hydrogens is 328 g/mol. The molecule has 1 aliphatic heterocycles. The fraction of sp³-hybridized carbons (Fsp3) is 0.111. The number of rotatable bonds is 0. The molecule has 0 spiro atoms. The minimum absolute atomic E-state index is 0.0964. The van der Waals surface area contributed by atoms with Gasteiger partial charge in [0, 0.05) is 32.8 Å². The molecule has 2 atom stereocenters. The number of para-hydroxylation sites is 1. The first kappa shape index (κ1) is 11.6. The van der Waals surface area contributed by atoms with Crippen molar-refractivity contribution in [3.8, 4) is 5.75 Å². The van der Waals surface area contributed by atoms with Crippen molar-refractivity contribution in [3.63, 3.8) is 0 Å². The number of fused-ring (bicyclic) bond motifs is 6. The van der Waals surface area contributed by atoms with Crippen LogP contribution in [0.4, 0.5) is 0 Å². The molecule has 0 bridgehead atoms. The molecule has 3 heteroatoms. The van der Waals surface area contributed by atoms with Crippen LogP contribution < -0.4 is 4.74 Å². The van der Waals surface area contributed by atoms with Gasteiger partial charge in [-0.25, -0.2) is 0 Å². The molecule has 3 aromatic rings. The topological polar surface area (TPSA) is 22.4 Å². The Labute approximate surface area is 129 Å². The summed E-state index contributed by atoms with van der Waals surface area (Å²) in [6.07, 6.45) is 6.46. The van der Waals surface area contributed by atoms with Gasteiger partial charge in [0.25, 0.3) is 0 Å². The van der Waals surface area contributed by atoms with Crippen LogP contribution in [0, 0.1) is 0 Å². The molecule has 1 aromatic heterocycles. The molecule has 21 heavy (non-hydrogen) atoms. The first-order valence-electron chi connectivity index (χ1n) is 6.97. The lowest BCUT2D eigenvalue weighted by molar-refractivity contribution is 0.269. The van der Waals surface area contributed by atoms with E-state index in [0.717, 1.165) is 32.2 Å². The second kappa shape index (κ2) is 4.01. The molecule has 0 saturated heterocycles. The van der Waals surface area contributed by atoms with E-state index >= 15 is 0 Å². The molecule has 2 aliphatic rings. The van der Waals surface area contributed by atoms with Gasteiger partial charge in [0.05, 0.1) is 0 Å². The molecule has 102 valence electrons. The number of allylic oxidation sites excluding steroid dienone is 2. The van der Waals surface area contributed by atoms with Crippen LogP contribution in [-0.4, -0.2) is 6.10 Å². The number of furan rings is 1. The predicted octanol–water partition coefficient (Wildman–Crippen LogP) is 5.28. The summed E-state index contributed by atoms with van der Waals surface area (Å²) in [5.74, 6) is 1.21. The van der Waals surface area contributed by atoms with Crippen LogP contribution in [0.3, 0.4) is 0 Å². The minimum Gasteiger partial charge on any atom is -0.485 e. The van der Waals surface area contributed by atoms with Crippen LogP contribution in [-0.2, 0) is 0 Å². The standard InChI is InChI=1S/C18H11BrO2/c19-10-5-6-16-12(7-10)14-8-13-11-3-1-2-4-15(11)20-17(13)9-18(14)21-16/h1-9,12,16H. The number of hydrogen-bond acceptors (Lipinski definition) is 2. The van der Waals surface area contributed by atoms with E-state index in [0.29, 0.717) is 0 Å². The fourth-order valence-corrected chi connectivity index (χ4v) is 3.72. The van der Waals surface area contributed by atoms with Gasteiger partial charge in [0.1, 0.15) is 23.0 Å². The molecule has 0 saturated carbocycles. The lowest BCUT2D eigenvalue weighted by atomic mass is 9.91. The molecule has 2 nitrogen and oxygen atoms in total. The van der Waals surface area contributed by atoms with Gasteiger partial charge in [-0.15, -0.1) is 0 Å². The van der Waals surface area contributed by atoms with Gasteiger partial charge in [-0.2, -0.15) is 0 Å². The summed E-state index contributed by atoms with van der Waals surface area (Å²) in [4.78, 5) is 0. The zero-order valence-electron chi connectivity index (χ0n) is 11.0. The number of benzene rings is 2. The Hall–Kier alpha value is -2.00. The van der Waals surface area contributed by atoms with Crippen molar-refractivity contribution in [3.05, 3.63) is 64.7 Å². The number of hydrogen-bond donors (Lipinski definition) is 0. The molecule has 2 unspecified atom stereocenters. The molecule has 2 heterocycles. The fourth-order valence-electron chi connectivity index (χ4n) is 3.29. The van der Waals surface area contributed by atoms with Crippen LogP contribution in [0.15, 0.2) is 63.5 Å². The predicted molar refractivity (Wildman–Crippen MR) is 87.0 cm³/mol. The average molecular weight is 339 g/mol. The molecule has 0 fully saturated rings. The lowest BCUT2D eigenvalue weighted by Gasteiger charge is -2.15. The number of halogens is 1. The van der Waals surface area contributed by atoms with E-state index in [9.17, 15) is 0 Å². The summed E-state index contributed by atoms with van der Waals surface area (Å²) in [7, 11) is 0. The summed E-state index contributed by atoms with van der Waals surface area (Å²) in [6.45, 7) is 0. The van der Waals surface area contributed by atoms with Crippen molar-refractivity contribution in [2.45, 2.75) is 12.0 Å². The van der Waals surface area contributed by atoms with Crippen LogP contribution in [0.1, 0.15) is 11.5 Å². The summed E-state index contributed by atoms with van der Waals surface area (Å²) in [6, 6.07) is 12.4. The van der Waals surface area contributed by atoms with E-state index in [4.69, 9.17) is 9.15 Å². The quantitative estimate of drug-likeness (QED) is 0.556. The normalized spacial score (nSPS) is 23.0. The van der Waals surface area contributed by atoms with Crippen molar-refractivity contribution in [1.29, 1.82) is 0 Å². The Morgan fingerprint density at radius 2 is 1.90 bits per heavy atom. The highest BCUT2D eigenvalue weighted by molar-refractivity contribution is 9.11. The Morgan fingerprint density at radius 1 is 1.00 bits per heavy atom. The first-order chi connectivity index (χ1) is 10.3. The third kappa shape index (κ3) is 1.58. The van der Waals surface area contributed by atoms with E-state index in [-0.39, 0.29) is 12.0 Å². The summed E-state index contributed by atoms with van der Waals surface area (Å²) < 4.78 is 13.1. The van der Waals surface area contributed by atoms with Crippen LogP contribution in [0.25, 0.3) is 21.9 Å². The third-order valence-corrected chi connectivity index (χ3v) is 4.80. The molecule has 1 aliphatic carbocycles. The zero-order valence-corrected chi connectivity index (χ0v) is 12.6. The largest absolute Gasteiger partial charge is 0.485 e. The summed E-state index contributed by atoms with van der Waals surface area (Å²) in [5, 5.41) is 2.32. The molecule has 0 radical (unpaired) electrons. The van der Waals surface area contributed by atoms with Gasteiger partial charge in [0.15, 0.2) is 0 Å². The van der Waals surface area contributed by atoms with E-state index in [1.807, 2.05) is 30.3 Å². The highest BCUT2D eigenvalue weighted by Crippen LogP contribution is 2.46. The van der Waals surface area contributed by atoms with Crippen LogP contribution >= 0.6 is 15.9 Å². The maximum absolute atomic E-state index is 6.05. The van der Waals surface area contributed by atoms with Crippen molar-refractivity contribution >= 4 is 37.9 Å². The van der Waals surface area contributed by atoms with Crippen molar-refractivity contribution in [1.82, 2.24) is 0 Å². The SMILES string of the molecule is BrC1=CC2c3cc4c(cc3OC2C=C1)oc1ccccc14. The number of ether oxygens (including phenoxy) is 1. The Morgan fingerprint density at radius 3 is 2.86 bits per heavy atom. The van der Waals surface area contributed by atoms with Crippen molar-refractivity contribution in [2.24, 2.45) is 0 Å². The van der Waals surface area contributed by atoms with Crippen LogP contribution in [0.2, 0.25) is 0 Å². The highest BCUT2D eigenvalue weighted by Gasteiger charge is 2.34. The average Bonchev–Trinajstić information content (AvgIpc) is 3.02. The van der Waals surface area contributed by atoms with E-state index < -0.39 is 0 Å². The highest BCUT2D eigenvalue weighted by atomic mass is 79.9. The van der Waals surface area contributed by atoms with Gasteiger partial charge in [0.2, 0.25) is 0 Å². The Bertz CT molecular complexity index is 948.